The summed E-state index contributed by atoms with van der Waals surface area (Å²) in [6.07, 6.45) is 2.55. The highest BCUT2D eigenvalue weighted by Crippen LogP contribution is 2.33. The zero-order chi connectivity index (χ0) is 18.5. The van der Waals surface area contributed by atoms with Crippen LogP contribution < -0.4 is 15.0 Å². The van der Waals surface area contributed by atoms with Crippen LogP contribution in [-0.2, 0) is 14.3 Å². The van der Waals surface area contributed by atoms with Crippen molar-refractivity contribution in [3.8, 4) is 11.8 Å². The smallest absolute Gasteiger partial charge is 0.310 e. The number of piperidine rings is 1. The number of rotatable bonds is 5. The molecule has 138 valence electrons. The monoisotopic (exact) mass is 357 g/mol. The van der Waals surface area contributed by atoms with Gasteiger partial charge in [-0.2, -0.15) is 5.26 Å². The molecule has 2 heterocycles. The predicted molar refractivity (Wildman–Crippen MR) is 94.7 cm³/mol. The maximum absolute atomic E-state index is 12.3. The van der Waals surface area contributed by atoms with Crippen molar-refractivity contribution in [2.45, 2.75) is 19.3 Å². The molecule has 1 amide bonds. The van der Waals surface area contributed by atoms with E-state index < -0.39 is 0 Å². The van der Waals surface area contributed by atoms with E-state index in [9.17, 15) is 9.59 Å². The van der Waals surface area contributed by atoms with Crippen molar-refractivity contribution >= 4 is 17.6 Å². The van der Waals surface area contributed by atoms with Crippen molar-refractivity contribution in [2.75, 3.05) is 38.3 Å². The zero-order valence-electron chi connectivity index (χ0n) is 14.9. The van der Waals surface area contributed by atoms with Crippen LogP contribution in [0, 0.1) is 23.2 Å². The van der Waals surface area contributed by atoms with Crippen LogP contribution in [0.4, 0.5) is 5.69 Å². The Morgan fingerprint density at radius 2 is 2.35 bits per heavy atom. The van der Waals surface area contributed by atoms with E-state index in [1.807, 2.05) is 0 Å². The molecule has 1 saturated heterocycles. The molecule has 26 heavy (non-hydrogen) atoms. The van der Waals surface area contributed by atoms with Crippen LogP contribution in [0.5, 0.6) is 5.75 Å². The number of hydrogen-bond acceptors (Lipinski definition) is 6. The normalized spacial score (nSPS) is 22.2. The van der Waals surface area contributed by atoms with Gasteiger partial charge in [-0.1, -0.05) is 0 Å². The Morgan fingerprint density at radius 1 is 1.50 bits per heavy atom. The first kappa shape index (κ1) is 18.2. The number of methoxy groups -OCH3 is 1. The van der Waals surface area contributed by atoms with Crippen LogP contribution in [0.2, 0.25) is 0 Å². The summed E-state index contributed by atoms with van der Waals surface area (Å²) in [6, 6.07) is 7.19. The van der Waals surface area contributed by atoms with Crippen molar-refractivity contribution in [3.63, 3.8) is 0 Å². The summed E-state index contributed by atoms with van der Waals surface area (Å²) in [6.45, 7) is 2.09. The number of nitrogens with one attached hydrogen (secondary N) is 1. The van der Waals surface area contributed by atoms with Gasteiger partial charge in [0.25, 0.3) is 5.91 Å². The Kier molecular flexibility index (Phi) is 5.74. The fourth-order valence-electron chi connectivity index (χ4n) is 3.71. The van der Waals surface area contributed by atoms with Crippen molar-refractivity contribution in [1.29, 1.82) is 5.26 Å². The lowest BCUT2D eigenvalue weighted by molar-refractivity contribution is -0.148. The molecule has 2 atom stereocenters. The van der Waals surface area contributed by atoms with Gasteiger partial charge in [0.05, 0.1) is 30.3 Å². The summed E-state index contributed by atoms with van der Waals surface area (Å²) in [5, 5.41) is 12.3. The van der Waals surface area contributed by atoms with Gasteiger partial charge in [-0.25, -0.2) is 0 Å². The Morgan fingerprint density at radius 3 is 3.12 bits per heavy atom. The number of esters is 1. The van der Waals surface area contributed by atoms with Crippen molar-refractivity contribution < 1.29 is 19.1 Å². The van der Waals surface area contributed by atoms with Gasteiger partial charge in [0.1, 0.15) is 5.75 Å². The molecular weight excluding hydrogens is 334 g/mol. The average molecular weight is 357 g/mol. The minimum absolute atomic E-state index is 0.0109. The van der Waals surface area contributed by atoms with Crippen LogP contribution in [0.3, 0.4) is 0 Å². The third-order valence-electron chi connectivity index (χ3n) is 5.12. The quantitative estimate of drug-likeness (QED) is 0.802. The molecule has 0 bridgehead atoms. The molecule has 1 fully saturated rings. The van der Waals surface area contributed by atoms with Crippen LogP contribution in [0.25, 0.3) is 0 Å². The van der Waals surface area contributed by atoms with E-state index in [2.05, 4.69) is 11.4 Å². The largest absolute Gasteiger partial charge is 0.482 e. The van der Waals surface area contributed by atoms with E-state index in [4.69, 9.17) is 14.7 Å². The molecule has 0 spiro atoms. The van der Waals surface area contributed by atoms with Gasteiger partial charge in [-0.3, -0.25) is 9.59 Å². The fourth-order valence-corrected chi connectivity index (χ4v) is 3.71. The van der Waals surface area contributed by atoms with Crippen LogP contribution in [0.1, 0.15) is 24.8 Å². The number of hydrogen-bond donors (Lipinski definition) is 1. The highest BCUT2D eigenvalue weighted by atomic mass is 16.5. The summed E-state index contributed by atoms with van der Waals surface area (Å²) in [5.41, 5.74) is 1.14. The number of nitrogens with zero attached hydrogens (tertiary/aromatic N) is 2. The zero-order valence-corrected chi connectivity index (χ0v) is 14.9. The number of benzene rings is 1. The molecule has 0 saturated carbocycles. The molecule has 0 radical (unpaired) electrons. The lowest BCUT2D eigenvalue weighted by Gasteiger charge is -2.32. The van der Waals surface area contributed by atoms with E-state index in [0.29, 0.717) is 30.1 Å². The molecular formula is C19H23N3O4. The molecule has 1 aromatic rings. The van der Waals surface area contributed by atoms with Gasteiger partial charge in [-0.05, 0) is 49.9 Å². The molecule has 1 N–H and O–H groups in total. The molecule has 7 nitrogen and oxygen atoms in total. The molecule has 0 aliphatic carbocycles. The molecule has 7 heteroatoms. The van der Waals surface area contributed by atoms with E-state index in [0.717, 1.165) is 25.8 Å². The van der Waals surface area contributed by atoms with Gasteiger partial charge in [0.15, 0.2) is 6.61 Å². The van der Waals surface area contributed by atoms with Gasteiger partial charge in [0, 0.05) is 13.1 Å². The van der Waals surface area contributed by atoms with Crippen LogP contribution >= 0.6 is 0 Å². The first-order valence-corrected chi connectivity index (χ1v) is 8.90. The number of anilines is 1. The summed E-state index contributed by atoms with van der Waals surface area (Å²) in [7, 11) is 1.42. The first-order valence-electron chi connectivity index (χ1n) is 8.90. The van der Waals surface area contributed by atoms with Gasteiger partial charge in [-0.15, -0.1) is 0 Å². The van der Waals surface area contributed by atoms with E-state index in [-0.39, 0.29) is 30.3 Å². The van der Waals surface area contributed by atoms with Gasteiger partial charge >= 0.3 is 5.97 Å². The van der Waals surface area contributed by atoms with E-state index >= 15 is 0 Å². The standard InChI is InChI=1S/C19H23N3O4/c1-25-19(24)15-11-21-7-6-14(15)3-2-8-22-16-9-13(10-20)4-5-17(16)26-12-18(22)23/h4-5,9,14-15,21H,2-3,6-8,11-12H2,1H3. The van der Waals surface area contributed by atoms with E-state index in [1.54, 1.807) is 23.1 Å². The fraction of sp³-hybridized carbons (Fsp3) is 0.526. The number of carbonyl (C=O) groups excluding carboxylic acids is 2. The Labute approximate surface area is 152 Å². The van der Waals surface area contributed by atoms with Gasteiger partial charge in [0.2, 0.25) is 0 Å². The first-order chi connectivity index (χ1) is 12.6. The lowest BCUT2D eigenvalue weighted by Crippen LogP contribution is -2.42. The summed E-state index contributed by atoms with van der Waals surface area (Å²) >= 11 is 0. The number of ether oxygens (including phenoxy) is 2. The lowest BCUT2D eigenvalue weighted by atomic mass is 9.83. The predicted octanol–water partition coefficient (Wildman–Crippen LogP) is 1.46. The number of fused-ring (bicyclic) bond motifs is 1. The Hall–Kier alpha value is -2.59. The summed E-state index contributed by atoms with van der Waals surface area (Å²) in [4.78, 5) is 25.9. The maximum atomic E-state index is 12.3. The van der Waals surface area contributed by atoms with E-state index in [1.165, 1.54) is 7.11 Å². The minimum atomic E-state index is -0.173. The molecule has 2 aliphatic heterocycles. The molecule has 1 aromatic carbocycles. The molecule has 2 unspecified atom stereocenters. The SMILES string of the molecule is COC(=O)C1CNCCC1CCCN1C(=O)COc2ccc(C#N)cc21. The molecule has 0 aromatic heterocycles. The van der Waals surface area contributed by atoms with Crippen LogP contribution in [0.15, 0.2) is 18.2 Å². The van der Waals surface area contributed by atoms with Crippen molar-refractivity contribution in [3.05, 3.63) is 23.8 Å². The average Bonchev–Trinajstić information content (AvgIpc) is 2.69. The third kappa shape index (κ3) is 3.81. The second-order valence-corrected chi connectivity index (χ2v) is 6.65. The summed E-state index contributed by atoms with van der Waals surface area (Å²) in [5.74, 6) is 0.463. The van der Waals surface area contributed by atoms with Crippen LogP contribution in [-0.4, -0.2) is 45.2 Å². The highest BCUT2D eigenvalue weighted by molar-refractivity contribution is 5.98. The maximum Gasteiger partial charge on any atom is 0.310 e. The topological polar surface area (TPSA) is 91.7 Å². The molecule has 3 rings (SSSR count). The van der Waals surface area contributed by atoms with Crippen molar-refractivity contribution in [2.24, 2.45) is 11.8 Å². The second kappa shape index (κ2) is 8.19. The van der Waals surface area contributed by atoms with Crippen molar-refractivity contribution in [1.82, 2.24) is 5.32 Å². The Balaban J connectivity index is 1.65. The number of amides is 1. The minimum Gasteiger partial charge on any atom is -0.482 e. The third-order valence-corrected chi connectivity index (χ3v) is 5.12. The highest BCUT2D eigenvalue weighted by Gasteiger charge is 2.32. The summed E-state index contributed by atoms with van der Waals surface area (Å²) < 4.78 is 10.4. The second-order valence-electron chi connectivity index (χ2n) is 6.65. The number of nitriles is 1. The number of carbonyl (C=O) groups is 2. The Bertz CT molecular complexity index is 728. The molecule has 2 aliphatic rings. The van der Waals surface area contributed by atoms with Gasteiger partial charge < -0.3 is 19.7 Å².